The van der Waals surface area contributed by atoms with E-state index >= 15 is 0 Å². The number of benzene rings is 2. The van der Waals surface area contributed by atoms with Gasteiger partial charge in [0.05, 0.1) is 17.0 Å². The number of para-hydroxylation sites is 1. The monoisotopic (exact) mass is 369 g/mol. The smallest absolute Gasteiger partial charge is 0.337 e. The number of nitrogens with one attached hydrogen (secondary N) is 1. The van der Waals surface area contributed by atoms with Crippen molar-refractivity contribution in [3.05, 3.63) is 63.6 Å². The highest BCUT2D eigenvalue weighted by Crippen LogP contribution is 2.25. The van der Waals surface area contributed by atoms with Crippen LogP contribution in [0.5, 0.6) is 0 Å². The molecule has 0 aromatic heterocycles. The largest absolute Gasteiger partial charge is 0.478 e. The molecule has 2 rings (SSSR count). The number of carboxylic acids is 1. The molecular formula is C16H13Cl2NO3S. The number of halogens is 2. The molecule has 0 saturated carbocycles. The topological polar surface area (TPSA) is 66.4 Å². The fourth-order valence-electron chi connectivity index (χ4n) is 1.86. The van der Waals surface area contributed by atoms with Crippen LogP contribution in [-0.2, 0) is 10.5 Å². The minimum absolute atomic E-state index is 0.0617. The van der Waals surface area contributed by atoms with Crippen molar-refractivity contribution >= 4 is 52.5 Å². The lowest BCUT2D eigenvalue weighted by Gasteiger charge is -2.08. The molecule has 7 heteroatoms. The average Bonchev–Trinajstić information content (AvgIpc) is 2.50. The van der Waals surface area contributed by atoms with E-state index in [1.165, 1.54) is 17.8 Å². The maximum Gasteiger partial charge on any atom is 0.337 e. The second kappa shape index (κ2) is 8.24. The van der Waals surface area contributed by atoms with Gasteiger partial charge in [-0.15, -0.1) is 11.8 Å². The third-order valence-electron chi connectivity index (χ3n) is 2.94. The summed E-state index contributed by atoms with van der Waals surface area (Å²) in [7, 11) is 0. The Morgan fingerprint density at radius 3 is 2.57 bits per heavy atom. The molecule has 23 heavy (non-hydrogen) atoms. The number of carbonyl (C=O) groups is 2. The molecule has 0 saturated heterocycles. The molecule has 0 heterocycles. The molecule has 0 fully saturated rings. The van der Waals surface area contributed by atoms with Crippen LogP contribution >= 0.6 is 35.0 Å². The van der Waals surface area contributed by atoms with E-state index in [4.69, 9.17) is 28.3 Å². The molecule has 0 aliphatic heterocycles. The molecule has 0 aliphatic rings. The minimum atomic E-state index is -1.08. The van der Waals surface area contributed by atoms with Gasteiger partial charge >= 0.3 is 5.97 Å². The Balaban J connectivity index is 1.90. The number of rotatable bonds is 6. The van der Waals surface area contributed by atoms with E-state index in [1.54, 1.807) is 30.3 Å². The summed E-state index contributed by atoms with van der Waals surface area (Å²) >= 11 is 13.3. The summed E-state index contributed by atoms with van der Waals surface area (Å²) < 4.78 is 0. The van der Waals surface area contributed by atoms with Crippen LogP contribution in [0.15, 0.2) is 42.5 Å². The van der Waals surface area contributed by atoms with Crippen LogP contribution in [0.3, 0.4) is 0 Å². The van der Waals surface area contributed by atoms with Gasteiger partial charge in [0.2, 0.25) is 5.91 Å². The van der Waals surface area contributed by atoms with Crippen molar-refractivity contribution in [1.29, 1.82) is 0 Å². The summed E-state index contributed by atoms with van der Waals surface area (Å²) in [5.41, 5.74) is 1.24. The first-order valence-corrected chi connectivity index (χ1v) is 8.52. The third kappa shape index (κ3) is 5.16. The zero-order valence-electron chi connectivity index (χ0n) is 11.9. The Morgan fingerprint density at radius 2 is 1.87 bits per heavy atom. The summed E-state index contributed by atoms with van der Waals surface area (Å²) in [4.78, 5) is 23.0. The second-order valence-electron chi connectivity index (χ2n) is 4.63. The Kier molecular flexibility index (Phi) is 6.33. The predicted molar refractivity (Wildman–Crippen MR) is 94.7 cm³/mol. The van der Waals surface area contributed by atoms with E-state index in [0.29, 0.717) is 15.8 Å². The van der Waals surface area contributed by atoms with Crippen LogP contribution in [0.2, 0.25) is 10.0 Å². The van der Waals surface area contributed by atoms with Gasteiger partial charge in [-0.2, -0.15) is 0 Å². The normalized spacial score (nSPS) is 10.3. The summed E-state index contributed by atoms with van der Waals surface area (Å²) in [6, 6.07) is 11.5. The number of carboxylic acid groups (broad SMARTS) is 1. The molecule has 0 bridgehead atoms. The Labute approximate surface area is 147 Å². The molecular weight excluding hydrogens is 357 g/mol. The average molecular weight is 370 g/mol. The van der Waals surface area contributed by atoms with Gasteiger partial charge < -0.3 is 10.4 Å². The zero-order valence-corrected chi connectivity index (χ0v) is 14.2. The van der Waals surface area contributed by atoms with Gasteiger partial charge in [0.1, 0.15) is 0 Å². The van der Waals surface area contributed by atoms with E-state index in [2.05, 4.69) is 5.32 Å². The maximum absolute atomic E-state index is 11.9. The highest BCUT2D eigenvalue weighted by atomic mass is 35.5. The first kappa shape index (κ1) is 17.7. The minimum Gasteiger partial charge on any atom is -0.478 e. The van der Waals surface area contributed by atoms with Gasteiger partial charge in [-0.3, -0.25) is 4.79 Å². The van der Waals surface area contributed by atoms with Crippen LogP contribution in [0.1, 0.15) is 15.9 Å². The first-order chi connectivity index (χ1) is 11.0. The number of hydrogen-bond acceptors (Lipinski definition) is 3. The summed E-state index contributed by atoms with van der Waals surface area (Å²) in [6.07, 6.45) is 0. The third-order valence-corrected chi connectivity index (χ3v) is 4.51. The summed E-state index contributed by atoms with van der Waals surface area (Å²) in [6.45, 7) is 0. The highest BCUT2D eigenvalue weighted by molar-refractivity contribution is 7.99. The fraction of sp³-hybridized carbons (Fsp3) is 0.125. The van der Waals surface area contributed by atoms with Crippen LogP contribution in [0.4, 0.5) is 5.69 Å². The SMILES string of the molecule is O=C(CSCc1ccc(Cl)cc1Cl)Nc1ccccc1C(=O)O. The highest BCUT2D eigenvalue weighted by Gasteiger charge is 2.12. The van der Waals surface area contributed by atoms with E-state index < -0.39 is 5.97 Å². The van der Waals surface area contributed by atoms with Crippen LogP contribution in [0.25, 0.3) is 0 Å². The molecule has 120 valence electrons. The lowest BCUT2D eigenvalue weighted by Crippen LogP contribution is -2.16. The fourth-order valence-corrected chi connectivity index (χ4v) is 3.24. The molecule has 2 N–H and O–H groups in total. The van der Waals surface area contributed by atoms with Crippen molar-refractivity contribution in [2.24, 2.45) is 0 Å². The van der Waals surface area contributed by atoms with Gasteiger partial charge in [0, 0.05) is 15.8 Å². The predicted octanol–water partition coefficient (Wildman–Crippen LogP) is 4.56. The standard InChI is InChI=1S/C16H13Cl2NO3S/c17-11-6-5-10(13(18)7-11)8-23-9-15(20)19-14-4-2-1-3-12(14)16(21)22/h1-7H,8-9H2,(H,19,20)(H,21,22). The first-order valence-electron chi connectivity index (χ1n) is 6.61. The van der Waals surface area contributed by atoms with Crippen LogP contribution in [-0.4, -0.2) is 22.7 Å². The Bertz CT molecular complexity index is 737. The lowest BCUT2D eigenvalue weighted by molar-refractivity contribution is -0.113. The zero-order chi connectivity index (χ0) is 16.8. The second-order valence-corrected chi connectivity index (χ2v) is 6.46. The van der Waals surface area contributed by atoms with Crippen molar-refractivity contribution in [1.82, 2.24) is 0 Å². The molecule has 2 aromatic carbocycles. The molecule has 0 radical (unpaired) electrons. The van der Waals surface area contributed by atoms with Crippen molar-refractivity contribution < 1.29 is 14.7 Å². The van der Waals surface area contributed by atoms with Gasteiger partial charge in [-0.1, -0.05) is 41.4 Å². The van der Waals surface area contributed by atoms with E-state index in [-0.39, 0.29) is 22.9 Å². The van der Waals surface area contributed by atoms with Crippen molar-refractivity contribution in [3.63, 3.8) is 0 Å². The number of amides is 1. The summed E-state index contributed by atoms with van der Waals surface area (Å²) in [5.74, 6) is -0.605. The number of hydrogen-bond donors (Lipinski definition) is 2. The molecule has 0 atom stereocenters. The molecule has 2 aromatic rings. The van der Waals surface area contributed by atoms with Crippen molar-refractivity contribution in [2.75, 3.05) is 11.1 Å². The lowest BCUT2D eigenvalue weighted by atomic mass is 10.2. The van der Waals surface area contributed by atoms with E-state index in [1.807, 2.05) is 6.07 Å². The Hall–Kier alpha value is -1.69. The van der Waals surface area contributed by atoms with Gasteiger partial charge in [-0.05, 0) is 29.8 Å². The Morgan fingerprint density at radius 1 is 1.13 bits per heavy atom. The molecule has 0 aliphatic carbocycles. The van der Waals surface area contributed by atoms with E-state index in [9.17, 15) is 9.59 Å². The number of carbonyl (C=O) groups excluding carboxylic acids is 1. The molecule has 4 nitrogen and oxygen atoms in total. The van der Waals surface area contributed by atoms with Crippen molar-refractivity contribution in [2.45, 2.75) is 5.75 Å². The van der Waals surface area contributed by atoms with Crippen molar-refractivity contribution in [3.8, 4) is 0 Å². The molecule has 0 unspecified atom stereocenters. The van der Waals surface area contributed by atoms with Crippen LogP contribution < -0.4 is 5.32 Å². The number of thioether (sulfide) groups is 1. The maximum atomic E-state index is 11.9. The summed E-state index contributed by atoms with van der Waals surface area (Å²) in [5, 5.41) is 12.8. The van der Waals surface area contributed by atoms with E-state index in [0.717, 1.165) is 5.56 Å². The molecule has 0 spiro atoms. The molecule has 1 amide bonds. The van der Waals surface area contributed by atoms with Crippen LogP contribution in [0, 0.1) is 0 Å². The van der Waals surface area contributed by atoms with Gasteiger partial charge in [0.15, 0.2) is 0 Å². The van der Waals surface area contributed by atoms with Gasteiger partial charge in [-0.25, -0.2) is 4.79 Å². The number of aromatic carboxylic acids is 1. The van der Waals surface area contributed by atoms with Gasteiger partial charge in [0.25, 0.3) is 0 Å². The quantitative estimate of drug-likeness (QED) is 0.782. The number of anilines is 1.